The first-order valence-electron chi connectivity index (χ1n) is 13.3. The Morgan fingerprint density at radius 1 is 0.900 bits per heavy atom. The van der Waals surface area contributed by atoms with Crippen molar-refractivity contribution in [3.05, 3.63) is 34.9 Å². The largest absolute Gasteiger partial charge is 0.385 e. The van der Waals surface area contributed by atoms with Gasteiger partial charge in [-0.15, -0.1) is 0 Å². The second kappa shape index (κ2) is 12.2. The molecule has 2 heteroatoms. The molecule has 1 atom stereocenters. The minimum absolute atomic E-state index is 0.594. The molecule has 1 fully saturated rings. The van der Waals surface area contributed by atoms with Crippen molar-refractivity contribution in [2.75, 3.05) is 13.1 Å². The number of aryl methyl sites for hydroxylation is 1. The van der Waals surface area contributed by atoms with Crippen LogP contribution in [-0.2, 0) is 18.4 Å². The molecule has 0 amide bonds. The Morgan fingerprint density at radius 3 is 2.17 bits per heavy atom. The maximum absolute atomic E-state index is 11.8. The molecule has 1 saturated carbocycles. The zero-order valence-corrected chi connectivity index (χ0v) is 19.9. The average Bonchev–Trinajstić information content (AvgIpc) is 2.75. The van der Waals surface area contributed by atoms with Gasteiger partial charge < -0.3 is 10.0 Å². The van der Waals surface area contributed by atoms with Crippen LogP contribution in [0, 0.1) is 0 Å². The fourth-order valence-corrected chi connectivity index (χ4v) is 5.88. The number of unbranched alkanes of at least 4 members (excludes halogenated alkanes) is 4. The molecule has 1 N–H and O–H groups in total. The van der Waals surface area contributed by atoms with E-state index in [4.69, 9.17) is 0 Å². The van der Waals surface area contributed by atoms with Crippen molar-refractivity contribution in [1.29, 1.82) is 0 Å². The van der Waals surface area contributed by atoms with Crippen LogP contribution in [0.4, 0.5) is 0 Å². The Bertz CT molecular complexity index is 607. The van der Waals surface area contributed by atoms with Gasteiger partial charge in [0.15, 0.2) is 0 Å². The van der Waals surface area contributed by atoms with Crippen molar-refractivity contribution in [3.63, 3.8) is 0 Å². The van der Waals surface area contributed by atoms with E-state index in [-0.39, 0.29) is 0 Å². The lowest BCUT2D eigenvalue weighted by molar-refractivity contribution is 0.00817. The van der Waals surface area contributed by atoms with Crippen LogP contribution in [0.1, 0.15) is 120 Å². The zero-order valence-electron chi connectivity index (χ0n) is 19.9. The lowest BCUT2D eigenvalue weighted by Crippen LogP contribution is -2.41. The van der Waals surface area contributed by atoms with Gasteiger partial charge in [-0.3, -0.25) is 0 Å². The smallest absolute Gasteiger partial charge is 0.0899 e. The molecule has 30 heavy (non-hydrogen) atoms. The van der Waals surface area contributed by atoms with Crippen molar-refractivity contribution in [2.45, 2.75) is 128 Å². The molecule has 0 aromatic heterocycles. The van der Waals surface area contributed by atoms with Crippen LogP contribution in [-0.4, -0.2) is 29.1 Å². The molecule has 0 aliphatic heterocycles. The van der Waals surface area contributed by atoms with Crippen LogP contribution >= 0.6 is 0 Å². The van der Waals surface area contributed by atoms with E-state index in [1.807, 2.05) is 0 Å². The molecule has 1 aromatic rings. The summed E-state index contributed by atoms with van der Waals surface area (Å²) in [7, 11) is 0. The van der Waals surface area contributed by atoms with Crippen LogP contribution in [0.3, 0.4) is 0 Å². The van der Waals surface area contributed by atoms with E-state index < -0.39 is 5.60 Å². The first kappa shape index (κ1) is 23.8. The Kier molecular flexibility index (Phi) is 9.71. The van der Waals surface area contributed by atoms with Crippen molar-refractivity contribution in [3.8, 4) is 0 Å². The molecule has 0 spiro atoms. The molecule has 3 rings (SSSR count). The predicted octanol–water partition coefficient (Wildman–Crippen LogP) is 7.16. The first-order chi connectivity index (χ1) is 14.7. The van der Waals surface area contributed by atoms with Gasteiger partial charge in [0.25, 0.3) is 0 Å². The molecule has 2 nitrogen and oxygen atoms in total. The summed E-state index contributed by atoms with van der Waals surface area (Å²) < 4.78 is 0. The van der Waals surface area contributed by atoms with Crippen LogP contribution in [0.2, 0.25) is 0 Å². The van der Waals surface area contributed by atoms with E-state index >= 15 is 0 Å². The summed E-state index contributed by atoms with van der Waals surface area (Å²) in [6.45, 7) is 7.12. The van der Waals surface area contributed by atoms with Crippen LogP contribution in [0.25, 0.3) is 0 Å². The summed E-state index contributed by atoms with van der Waals surface area (Å²) in [6.07, 6.45) is 19.7. The standard InChI is InChI=1S/C28H47NO/c1-3-5-12-21-29(22-13-6-4-2)25-18-17-24-15-14-16-27(26(24)23-25)28(30)19-10-8-7-9-11-20-28/h14-16,25,30H,3-13,17-23H2,1-2H3. The minimum Gasteiger partial charge on any atom is -0.385 e. The van der Waals surface area contributed by atoms with Gasteiger partial charge in [0.05, 0.1) is 5.60 Å². The third-order valence-electron chi connectivity index (χ3n) is 7.76. The van der Waals surface area contributed by atoms with Gasteiger partial charge in [0, 0.05) is 6.04 Å². The van der Waals surface area contributed by atoms with Gasteiger partial charge in [0.2, 0.25) is 0 Å². The molecule has 1 unspecified atom stereocenters. The highest BCUT2D eigenvalue weighted by Crippen LogP contribution is 2.40. The van der Waals surface area contributed by atoms with E-state index in [0.29, 0.717) is 6.04 Å². The number of nitrogens with zero attached hydrogens (tertiary/aromatic N) is 1. The number of rotatable bonds is 10. The number of aliphatic hydroxyl groups is 1. The fourth-order valence-electron chi connectivity index (χ4n) is 5.88. The second-order valence-electron chi connectivity index (χ2n) is 10.1. The molecule has 0 bridgehead atoms. The zero-order chi connectivity index (χ0) is 21.2. The highest BCUT2D eigenvalue weighted by molar-refractivity contribution is 5.41. The molecule has 2 aliphatic rings. The topological polar surface area (TPSA) is 23.5 Å². The Hall–Kier alpha value is -0.860. The summed E-state index contributed by atoms with van der Waals surface area (Å²) in [5, 5.41) is 11.8. The molecular formula is C28H47NO. The summed E-state index contributed by atoms with van der Waals surface area (Å²) in [5.41, 5.74) is 3.71. The van der Waals surface area contributed by atoms with E-state index in [0.717, 1.165) is 19.3 Å². The SMILES string of the molecule is CCCCCN(CCCCC)C1CCc2cccc(C3(O)CCCCCCC3)c2C1. The monoisotopic (exact) mass is 413 g/mol. The molecule has 0 heterocycles. The van der Waals surface area contributed by atoms with Crippen LogP contribution in [0.15, 0.2) is 18.2 Å². The average molecular weight is 414 g/mol. The fraction of sp³-hybridized carbons (Fsp3) is 0.786. The van der Waals surface area contributed by atoms with Crippen molar-refractivity contribution in [2.24, 2.45) is 0 Å². The molecule has 0 saturated heterocycles. The van der Waals surface area contributed by atoms with Gasteiger partial charge in [-0.2, -0.15) is 0 Å². The Labute approximate surface area is 186 Å². The van der Waals surface area contributed by atoms with Gasteiger partial charge in [-0.1, -0.05) is 89.8 Å². The maximum atomic E-state index is 11.8. The van der Waals surface area contributed by atoms with Crippen LogP contribution in [0.5, 0.6) is 0 Å². The van der Waals surface area contributed by atoms with E-state index in [2.05, 4.69) is 36.9 Å². The summed E-state index contributed by atoms with van der Waals surface area (Å²) in [4.78, 5) is 2.81. The summed E-state index contributed by atoms with van der Waals surface area (Å²) in [5.74, 6) is 0. The van der Waals surface area contributed by atoms with Gasteiger partial charge in [0.1, 0.15) is 0 Å². The third kappa shape index (κ3) is 6.33. The van der Waals surface area contributed by atoms with Crippen molar-refractivity contribution in [1.82, 2.24) is 4.90 Å². The highest BCUT2D eigenvalue weighted by atomic mass is 16.3. The summed E-state index contributed by atoms with van der Waals surface area (Å²) in [6, 6.07) is 7.47. The van der Waals surface area contributed by atoms with E-state index in [1.165, 1.54) is 113 Å². The van der Waals surface area contributed by atoms with Gasteiger partial charge >= 0.3 is 0 Å². The van der Waals surface area contributed by atoms with Gasteiger partial charge in [-0.25, -0.2) is 0 Å². The lowest BCUT2D eigenvalue weighted by Gasteiger charge is -2.39. The third-order valence-corrected chi connectivity index (χ3v) is 7.76. The maximum Gasteiger partial charge on any atom is 0.0899 e. The number of hydrogen-bond donors (Lipinski definition) is 1. The second-order valence-corrected chi connectivity index (χ2v) is 10.1. The lowest BCUT2D eigenvalue weighted by atomic mass is 9.75. The van der Waals surface area contributed by atoms with Gasteiger partial charge in [-0.05, 0) is 74.7 Å². The minimum atomic E-state index is -0.594. The van der Waals surface area contributed by atoms with E-state index in [1.54, 1.807) is 0 Å². The normalized spacial score (nSPS) is 21.8. The molecular weight excluding hydrogens is 366 g/mol. The molecule has 1 aromatic carbocycles. The number of fused-ring (bicyclic) bond motifs is 1. The predicted molar refractivity (Wildman–Crippen MR) is 129 cm³/mol. The van der Waals surface area contributed by atoms with Crippen molar-refractivity contribution >= 4 is 0 Å². The number of hydrogen-bond acceptors (Lipinski definition) is 2. The number of benzene rings is 1. The Balaban J connectivity index is 1.78. The molecule has 2 aliphatic carbocycles. The quantitative estimate of drug-likeness (QED) is 0.411. The molecule has 0 radical (unpaired) electrons. The van der Waals surface area contributed by atoms with Crippen molar-refractivity contribution < 1.29 is 5.11 Å². The summed E-state index contributed by atoms with van der Waals surface area (Å²) >= 11 is 0. The first-order valence-corrected chi connectivity index (χ1v) is 13.3. The Morgan fingerprint density at radius 2 is 1.53 bits per heavy atom. The van der Waals surface area contributed by atoms with Crippen LogP contribution < -0.4 is 0 Å². The van der Waals surface area contributed by atoms with E-state index in [9.17, 15) is 5.11 Å². The highest BCUT2D eigenvalue weighted by Gasteiger charge is 2.34. The molecule has 170 valence electrons.